The van der Waals surface area contributed by atoms with Crippen LogP contribution in [-0.4, -0.2) is 55.7 Å². The van der Waals surface area contributed by atoms with Crippen LogP contribution in [0.5, 0.6) is 0 Å². The first kappa shape index (κ1) is 20.1. The van der Waals surface area contributed by atoms with Crippen LogP contribution in [0.15, 0.2) is 22.7 Å². The molecule has 7 nitrogen and oxygen atoms in total. The largest absolute Gasteiger partial charge is 0.460 e. The van der Waals surface area contributed by atoms with Crippen molar-refractivity contribution in [2.45, 2.75) is 19.8 Å². The van der Waals surface area contributed by atoms with E-state index in [0.717, 1.165) is 0 Å². The highest BCUT2D eigenvalue weighted by Crippen LogP contribution is 2.36. The second-order valence-corrected chi connectivity index (χ2v) is 7.01. The molecule has 1 aromatic heterocycles. The predicted molar refractivity (Wildman–Crippen MR) is 99.7 cm³/mol. The number of aryl methyl sites for hydroxylation is 1. The molecule has 1 aliphatic heterocycles. The molecule has 9 heteroatoms. The summed E-state index contributed by atoms with van der Waals surface area (Å²) in [5.74, 6) is 0.155. The maximum atomic E-state index is 12.2. The van der Waals surface area contributed by atoms with Crippen molar-refractivity contribution >= 4 is 29.2 Å². The number of hydrogen-bond donors (Lipinski definition) is 0. The van der Waals surface area contributed by atoms with Crippen molar-refractivity contribution in [2.75, 3.05) is 33.4 Å². The molecule has 0 unspecified atom stereocenters. The summed E-state index contributed by atoms with van der Waals surface area (Å²) in [6, 6.07) is 5.17. The SMILES string of the molecule is Cc1onc(-c2c(Cl)cccc2Cl)c1COC(=O)CN(C)CC1OCCO1. The van der Waals surface area contributed by atoms with Gasteiger partial charge in [-0.3, -0.25) is 9.69 Å². The summed E-state index contributed by atoms with van der Waals surface area (Å²) >= 11 is 12.5. The first-order valence-corrected chi connectivity index (χ1v) is 9.18. The van der Waals surface area contributed by atoms with E-state index >= 15 is 0 Å². The van der Waals surface area contributed by atoms with Gasteiger partial charge in [-0.2, -0.15) is 0 Å². The fourth-order valence-corrected chi connectivity index (χ4v) is 3.31. The van der Waals surface area contributed by atoms with Crippen LogP contribution >= 0.6 is 23.2 Å². The predicted octanol–water partition coefficient (Wildman–Crippen LogP) is 3.30. The minimum Gasteiger partial charge on any atom is -0.460 e. The second kappa shape index (κ2) is 9.03. The smallest absolute Gasteiger partial charge is 0.320 e. The van der Waals surface area contributed by atoms with Gasteiger partial charge in [-0.1, -0.05) is 34.4 Å². The van der Waals surface area contributed by atoms with Gasteiger partial charge in [0.05, 0.1) is 35.4 Å². The van der Waals surface area contributed by atoms with Crippen molar-refractivity contribution in [3.05, 3.63) is 39.6 Å². The molecule has 2 heterocycles. The number of ether oxygens (including phenoxy) is 3. The van der Waals surface area contributed by atoms with Crippen molar-refractivity contribution in [3.8, 4) is 11.3 Å². The van der Waals surface area contributed by atoms with E-state index in [2.05, 4.69) is 5.16 Å². The van der Waals surface area contributed by atoms with Crippen LogP contribution in [-0.2, 0) is 25.6 Å². The molecule has 0 atom stereocenters. The number of rotatable bonds is 7. The van der Waals surface area contributed by atoms with E-state index < -0.39 is 0 Å². The first-order chi connectivity index (χ1) is 13.0. The normalized spacial score (nSPS) is 14.9. The van der Waals surface area contributed by atoms with Gasteiger partial charge in [0.25, 0.3) is 0 Å². The van der Waals surface area contributed by atoms with E-state index in [-0.39, 0.29) is 25.4 Å². The summed E-state index contributed by atoms with van der Waals surface area (Å²) in [6.07, 6.45) is -0.308. The number of aromatic nitrogens is 1. The number of benzene rings is 1. The van der Waals surface area contributed by atoms with E-state index in [0.29, 0.717) is 52.4 Å². The quantitative estimate of drug-likeness (QED) is 0.643. The molecule has 27 heavy (non-hydrogen) atoms. The van der Waals surface area contributed by atoms with Crippen LogP contribution in [0.3, 0.4) is 0 Å². The maximum Gasteiger partial charge on any atom is 0.320 e. The number of nitrogens with zero attached hydrogens (tertiary/aromatic N) is 2. The summed E-state index contributed by atoms with van der Waals surface area (Å²) in [5, 5.41) is 4.92. The molecule has 0 N–H and O–H groups in total. The lowest BCUT2D eigenvalue weighted by atomic mass is 10.1. The van der Waals surface area contributed by atoms with Crippen molar-refractivity contribution in [3.63, 3.8) is 0 Å². The highest BCUT2D eigenvalue weighted by molar-refractivity contribution is 6.39. The number of halogens is 2. The van der Waals surface area contributed by atoms with Gasteiger partial charge in [-0.15, -0.1) is 0 Å². The lowest BCUT2D eigenvalue weighted by Gasteiger charge is -2.18. The summed E-state index contributed by atoms with van der Waals surface area (Å²) in [5.41, 5.74) is 1.65. The van der Waals surface area contributed by atoms with Gasteiger partial charge < -0.3 is 18.7 Å². The Hall–Kier alpha value is -1.64. The molecule has 0 radical (unpaired) electrons. The molecule has 146 valence electrons. The minimum absolute atomic E-state index is 0.00925. The van der Waals surface area contributed by atoms with Gasteiger partial charge in [0.1, 0.15) is 18.1 Å². The van der Waals surface area contributed by atoms with Crippen LogP contribution < -0.4 is 0 Å². The third-order valence-corrected chi connectivity index (χ3v) is 4.74. The molecular formula is C18H20Cl2N2O5. The highest BCUT2D eigenvalue weighted by Gasteiger charge is 2.22. The van der Waals surface area contributed by atoms with Gasteiger partial charge in [-0.05, 0) is 26.1 Å². The van der Waals surface area contributed by atoms with E-state index in [1.165, 1.54) is 0 Å². The van der Waals surface area contributed by atoms with E-state index in [4.69, 9.17) is 41.9 Å². The summed E-state index contributed by atoms with van der Waals surface area (Å²) in [7, 11) is 1.80. The average Bonchev–Trinajstić information content (AvgIpc) is 3.23. The fourth-order valence-electron chi connectivity index (χ4n) is 2.73. The second-order valence-electron chi connectivity index (χ2n) is 6.19. The van der Waals surface area contributed by atoms with E-state index in [9.17, 15) is 4.79 Å². The van der Waals surface area contributed by atoms with Crippen LogP contribution in [0.4, 0.5) is 0 Å². The molecule has 3 rings (SSSR count). The Bertz CT molecular complexity index is 785. The van der Waals surface area contributed by atoms with Crippen molar-refractivity contribution in [2.24, 2.45) is 0 Å². The van der Waals surface area contributed by atoms with E-state index in [1.54, 1.807) is 37.1 Å². The highest BCUT2D eigenvalue weighted by atomic mass is 35.5. The molecule has 0 saturated carbocycles. The van der Waals surface area contributed by atoms with Crippen molar-refractivity contribution in [1.82, 2.24) is 10.1 Å². The van der Waals surface area contributed by atoms with Crippen molar-refractivity contribution in [1.29, 1.82) is 0 Å². The maximum absolute atomic E-state index is 12.2. The van der Waals surface area contributed by atoms with E-state index in [1.807, 2.05) is 0 Å². The Kier molecular flexibility index (Phi) is 6.73. The fraction of sp³-hybridized carbons (Fsp3) is 0.444. The Balaban J connectivity index is 1.63. The van der Waals surface area contributed by atoms with Crippen molar-refractivity contribution < 1.29 is 23.5 Å². The summed E-state index contributed by atoms with van der Waals surface area (Å²) in [6.45, 7) is 3.49. The van der Waals surface area contributed by atoms with Gasteiger partial charge >= 0.3 is 5.97 Å². The zero-order valence-corrected chi connectivity index (χ0v) is 16.5. The number of hydrogen-bond acceptors (Lipinski definition) is 7. The Morgan fingerprint density at radius 3 is 2.63 bits per heavy atom. The van der Waals surface area contributed by atoms with Crippen LogP contribution in [0.1, 0.15) is 11.3 Å². The monoisotopic (exact) mass is 414 g/mol. The zero-order chi connectivity index (χ0) is 19.4. The van der Waals surface area contributed by atoms with Gasteiger partial charge in [0, 0.05) is 12.1 Å². The average molecular weight is 415 g/mol. The Morgan fingerprint density at radius 1 is 1.30 bits per heavy atom. The molecule has 0 amide bonds. The summed E-state index contributed by atoms with van der Waals surface area (Å²) < 4.78 is 21.4. The zero-order valence-electron chi connectivity index (χ0n) is 15.0. The number of likely N-dealkylation sites (N-methyl/N-ethyl adjacent to an activating group) is 1. The first-order valence-electron chi connectivity index (χ1n) is 8.42. The molecule has 1 aliphatic rings. The van der Waals surface area contributed by atoms with Gasteiger partial charge in [-0.25, -0.2) is 0 Å². The Morgan fingerprint density at radius 2 is 1.96 bits per heavy atom. The molecular weight excluding hydrogens is 395 g/mol. The topological polar surface area (TPSA) is 74.0 Å². The molecule has 1 aromatic carbocycles. The number of carbonyl (C=O) groups excluding carboxylic acids is 1. The molecule has 2 aromatic rings. The molecule has 0 bridgehead atoms. The Labute approximate surface area is 167 Å². The molecule has 0 spiro atoms. The number of carbonyl (C=O) groups is 1. The third-order valence-electron chi connectivity index (χ3n) is 4.11. The van der Waals surface area contributed by atoms with Crippen LogP contribution in [0, 0.1) is 6.92 Å². The lowest BCUT2D eigenvalue weighted by molar-refractivity contribution is -0.147. The molecule has 1 saturated heterocycles. The van der Waals surface area contributed by atoms with Crippen LogP contribution in [0.2, 0.25) is 10.0 Å². The standard InChI is InChI=1S/C18H20Cl2N2O5/c1-11-12(18(21-27-11)17-13(19)4-3-5-14(17)20)10-26-15(23)8-22(2)9-16-24-6-7-25-16/h3-5,16H,6-10H2,1-2H3. The molecule has 1 fully saturated rings. The minimum atomic E-state index is -0.382. The third kappa shape index (κ3) is 5.00. The van der Waals surface area contributed by atoms with Gasteiger partial charge in [0.15, 0.2) is 6.29 Å². The van der Waals surface area contributed by atoms with Gasteiger partial charge in [0.2, 0.25) is 0 Å². The summed E-state index contributed by atoms with van der Waals surface area (Å²) in [4.78, 5) is 13.9. The lowest BCUT2D eigenvalue weighted by Crippen LogP contribution is -2.34. The van der Waals surface area contributed by atoms with Crippen LogP contribution in [0.25, 0.3) is 11.3 Å². The molecule has 0 aliphatic carbocycles. The number of esters is 1.